The van der Waals surface area contributed by atoms with Crippen LogP contribution in [0.15, 0.2) is 54.9 Å². The predicted octanol–water partition coefficient (Wildman–Crippen LogP) is 3.50. The maximum atomic E-state index is 12.6. The van der Waals surface area contributed by atoms with Crippen LogP contribution in [0.1, 0.15) is 11.1 Å². The van der Waals surface area contributed by atoms with Gasteiger partial charge in [0.15, 0.2) is 6.61 Å². The smallest absolute Gasteiger partial charge is 0.260 e. The zero-order chi connectivity index (χ0) is 22.5. The highest BCUT2D eigenvalue weighted by Gasteiger charge is 2.23. The third-order valence-corrected chi connectivity index (χ3v) is 5.90. The molecule has 0 N–H and O–H groups in total. The Morgan fingerprint density at radius 2 is 1.75 bits per heavy atom. The number of carbonyl (C=O) groups is 1. The maximum Gasteiger partial charge on any atom is 0.260 e. The summed E-state index contributed by atoms with van der Waals surface area (Å²) in [5.41, 5.74) is 4.09. The topological polar surface area (TPSA) is 67.8 Å². The normalized spacial score (nSPS) is 13.7. The van der Waals surface area contributed by atoms with Crippen LogP contribution in [0, 0.1) is 13.8 Å². The lowest BCUT2D eigenvalue weighted by molar-refractivity contribution is -0.133. The number of aryl methyl sites for hydroxylation is 1. The average Bonchev–Trinajstić information content (AvgIpc) is 2.85. The summed E-state index contributed by atoms with van der Waals surface area (Å²) in [4.78, 5) is 25.5. The van der Waals surface area contributed by atoms with Crippen molar-refractivity contribution in [2.75, 3.05) is 44.8 Å². The Morgan fingerprint density at radius 1 is 1.00 bits per heavy atom. The van der Waals surface area contributed by atoms with Crippen molar-refractivity contribution in [2.24, 2.45) is 0 Å². The van der Waals surface area contributed by atoms with E-state index >= 15 is 0 Å². The van der Waals surface area contributed by atoms with Gasteiger partial charge in [0.2, 0.25) is 0 Å². The highest BCUT2D eigenvalue weighted by molar-refractivity contribution is 5.78. The van der Waals surface area contributed by atoms with Gasteiger partial charge in [-0.05, 0) is 55.3 Å². The van der Waals surface area contributed by atoms with Crippen molar-refractivity contribution in [3.63, 3.8) is 0 Å². The Bertz CT molecular complexity index is 1080. The van der Waals surface area contributed by atoms with Crippen molar-refractivity contribution in [3.05, 3.63) is 66.0 Å². The zero-order valence-corrected chi connectivity index (χ0v) is 18.7. The van der Waals surface area contributed by atoms with Gasteiger partial charge in [0.25, 0.3) is 5.91 Å². The molecule has 0 unspecified atom stereocenters. The number of carbonyl (C=O) groups excluding carboxylic acids is 1. The Hall–Kier alpha value is -3.61. The van der Waals surface area contributed by atoms with Gasteiger partial charge in [-0.2, -0.15) is 0 Å². The number of aromatic nitrogens is 2. The molecule has 2 heterocycles. The minimum atomic E-state index is 0.00663. The summed E-state index contributed by atoms with van der Waals surface area (Å²) in [6.45, 7) is 6.81. The Morgan fingerprint density at radius 3 is 2.47 bits per heavy atom. The lowest BCUT2D eigenvalue weighted by Crippen LogP contribution is -2.50. The highest BCUT2D eigenvalue weighted by atomic mass is 16.5. The number of nitrogens with zero attached hydrogens (tertiary/aromatic N) is 4. The monoisotopic (exact) mass is 432 g/mol. The molecule has 0 radical (unpaired) electrons. The second-order valence-corrected chi connectivity index (χ2v) is 7.84. The summed E-state index contributed by atoms with van der Waals surface area (Å²) in [6, 6.07) is 15.7. The molecular weight excluding hydrogens is 404 g/mol. The first-order valence-electron chi connectivity index (χ1n) is 10.7. The fraction of sp³-hybridized carbons (Fsp3) is 0.320. The number of benzene rings is 2. The van der Waals surface area contributed by atoms with E-state index in [2.05, 4.69) is 14.9 Å². The van der Waals surface area contributed by atoms with Gasteiger partial charge < -0.3 is 19.3 Å². The molecule has 1 aromatic heterocycles. The number of rotatable bonds is 6. The molecule has 7 nitrogen and oxygen atoms in total. The van der Waals surface area contributed by atoms with Crippen LogP contribution in [0.4, 0.5) is 5.82 Å². The molecule has 166 valence electrons. The number of hydrogen-bond donors (Lipinski definition) is 0. The molecule has 3 aromatic rings. The lowest BCUT2D eigenvalue weighted by atomic mass is 10.1. The number of methoxy groups -OCH3 is 1. The van der Waals surface area contributed by atoms with Gasteiger partial charge in [-0.25, -0.2) is 9.97 Å². The first-order valence-corrected chi connectivity index (χ1v) is 10.7. The SMILES string of the molecule is COc1ccc(-c2cc(N3CCN(C(=O)COc4cccc(C)c4C)CC3)ncn2)cc1. The standard InChI is InChI=1S/C25H28N4O3/c1-18-5-4-6-23(19(18)2)32-16-25(30)29-13-11-28(12-14-29)24-15-22(26-17-27-24)20-7-9-21(31-3)10-8-20/h4-10,15,17H,11-14,16H2,1-3H3. The van der Waals surface area contributed by atoms with Crippen molar-refractivity contribution in [1.29, 1.82) is 0 Å². The predicted molar refractivity (Wildman–Crippen MR) is 124 cm³/mol. The highest BCUT2D eigenvalue weighted by Crippen LogP contribution is 2.24. The zero-order valence-electron chi connectivity index (χ0n) is 18.7. The first-order chi connectivity index (χ1) is 15.5. The molecule has 0 saturated carbocycles. The molecule has 7 heteroatoms. The molecular formula is C25H28N4O3. The van der Waals surface area contributed by atoms with E-state index in [0.29, 0.717) is 26.2 Å². The first kappa shape index (κ1) is 21.6. The van der Waals surface area contributed by atoms with Crippen molar-refractivity contribution >= 4 is 11.7 Å². The van der Waals surface area contributed by atoms with Crippen LogP contribution < -0.4 is 14.4 Å². The molecule has 1 saturated heterocycles. The molecule has 1 fully saturated rings. The Labute approximate surface area is 188 Å². The van der Waals surface area contributed by atoms with Gasteiger partial charge in [0.05, 0.1) is 12.8 Å². The molecule has 32 heavy (non-hydrogen) atoms. The summed E-state index contributed by atoms with van der Waals surface area (Å²) >= 11 is 0. The van der Waals surface area contributed by atoms with E-state index in [1.54, 1.807) is 13.4 Å². The minimum absolute atomic E-state index is 0.00663. The molecule has 1 aliphatic rings. The van der Waals surface area contributed by atoms with Gasteiger partial charge in [-0.3, -0.25) is 4.79 Å². The summed E-state index contributed by atoms with van der Waals surface area (Å²) in [7, 11) is 1.65. The number of ether oxygens (including phenoxy) is 2. The number of hydrogen-bond acceptors (Lipinski definition) is 6. The maximum absolute atomic E-state index is 12.6. The largest absolute Gasteiger partial charge is 0.497 e. The van der Waals surface area contributed by atoms with Crippen molar-refractivity contribution in [1.82, 2.24) is 14.9 Å². The fourth-order valence-corrected chi connectivity index (χ4v) is 3.74. The minimum Gasteiger partial charge on any atom is -0.497 e. The Balaban J connectivity index is 1.34. The van der Waals surface area contributed by atoms with Crippen LogP contribution in [0.5, 0.6) is 11.5 Å². The van der Waals surface area contributed by atoms with E-state index in [-0.39, 0.29) is 12.5 Å². The summed E-state index contributed by atoms with van der Waals surface area (Å²) in [5, 5.41) is 0. The van der Waals surface area contributed by atoms with Crippen LogP contribution in [0.25, 0.3) is 11.3 Å². The van der Waals surface area contributed by atoms with Crippen LogP contribution >= 0.6 is 0 Å². The van der Waals surface area contributed by atoms with E-state index in [0.717, 1.165) is 39.7 Å². The molecule has 0 atom stereocenters. The van der Waals surface area contributed by atoms with E-state index in [1.807, 2.05) is 67.3 Å². The summed E-state index contributed by atoms with van der Waals surface area (Å²) < 4.78 is 11.0. The van der Waals surface area contributed by atoms with Crippen LogP contribution in [-0.4, -0.2) is 60.7 Å². The van der Waals surface area contributed by atoms with Crippen molar-refractivity contribution < 1.29 is 14.3 Å². The van der Waals surface area contributed by atoms with E-state index in [4.69, 9.17) is 9.47 Å². The van der Waals surface area contributed by atoms with Gasteiger partial charge in [-0.15, -0.1) is 0 Å². The van der Waals surface area contributed by atoms with Gasteiger partial charge >= 0.3 is 0 Å². The quantitative estimate of drug-likeness (QED) is 0.594. The molecule has 0 spiro atoms. The van der Waals surface area contributed by atoms with Crippen LogP contribution in [-0.2, 0) is 4.79 Å². The van der Waals surface area contributed by atoms with Crippen LogP contribution in [0.2, 0.25) is 0 Å². The van der Waals surface area contributed by atoms with Crippen molar-refractivity contribution in [3.8, 4) is 22.8 Å². The summed E-state index contributed by atoms with van der Waals surface area (Å²) in [5.74, 6) is 2.45. The van der Waals surface area contributed by atoms with E-state index < -0.39 is 0 Å². The molecule has 0 bridgehead atoms. The summed E-state index contributed by atoms with van der Waals surface area (Å²) in [6.07, 6.45) is 1.59. The van der Waals surface area contributed by atoms with E-state index in [9.17, 15) is 4.79 Å². The van der Waals surface area contributed by atoms with E-state index in [1.165, 1.54) is 0 Å². The molecule has 0 aliphatic carbocycles. The average molecular weight is 433 g/mol. The fourth-order valence-electron chi connectivity index (χ4n) is 3.74. The molecule has 4 rings (SSSR count). The molecule has 1 amide bonds. The van der Waals surface area contributed by atoms with Gasteiger partial charge in [0, 0.05) is 37.8 Å². The van der Waals surface area contributed by atoms with Gasteiger partial charge in [0.1, 0.15) is 23.6 Å². The molecule has 2 aromatic carbocycles. The molecule has 1 aliphatic heterocycles. The van der Waals surface area contributed by atoms with Crippen LogP contribution in [0.3, 0.4) is 0 Å². The third kappa shape index (κ3) is 4.82. The lowest BCUT2D eigenvalue weighted by Gasteiger charge is -2.35. The number of anilines is 1. The number of piperazine rings is 1. The van der Waals surface area contributed by atoms with Gasteiger partial charge in [-0.1, -0.05) is 12.1 Å². The second-order valence-electron chi connectivity index (χ2n) is 7.84. The number of amides is 1. The Kier molecular flexibility index (Phi) is 6.54. The van der Waals surface area contributed by atoms with Crippen molar-refractivity contribution in [2.45, 2.75) is 13.8 Å². The third-order valence-electron chi connectivity index (χ3n) is 5.90. The second kappa shape index (κ2) is 9.68.